The number of hydrogen-bond donors (Lipinski definition) is 1. The summed E-state index contributed by atoms with van der Waals surface area (Å²) in [7, 11) is 0. The lowest BCUT2D eigenvalue weighted by molar-refractivity contribution is 0.0872. The van der Waals surface area contributed by atoms with Crippen LogP contribution in [0.15, 0.2) is 11.6 Å². The molecule has 1 N–H and O–H groups in total. The van der Waals surface area contributed by atoms with Crippen molar-refractivity contribution in [1.29, 1.82) is 0 Å². The van der Waals surface area contributed by atoms with Gasteiger partial charge in [0.05, 0.1) is 12.7 Å². The van der Waals surface area contributed by atoms with Crippen molar-refractivity contribution in [2.24, 2.45) is 0 Å². The van der Waals surface area contributed by atoms with Gasteiger partial charge in [-0.2, -0.15) is 0 Å². The normalized spacial score (nSPS) is 31.3. The molecule has 1 unspecified atom stereocenters. The second kappa shape index (κ2) is 2.95. The summed E-state index contributed by atoms with van der Waals surface area (Å²) in [5.41, 5.74) is 1.000. The van der Waals surface area contributed by atoms with Gasteiger partial charge in [0, 0.05) is 0 Å². The molecule has 0 radical (unpaired) electrons. The van der Waals surface area contributed by atoms with Crippen molar-refractivity contribution in [3.05, 3.63) is 11.6 Å². The highest BCUT2D eigenvalue weighted by Gasteiger charge is 2.45. The van der Waals surface area contributed by atoms with Crippen LogP contribution in [-0.2, 0) is 4.74 Å². The number of allylic oxidation sites excluding steroid dienone is 1. The summed E-state index contributed by atoms with van der Waals surface area (Å²) in [4.78, 5) is 0. The quantitative estimate of drug-likeness (QED) is 0.496. The van der Waals surface area contributed by atoms with E-state index in [1.54, 1.807) is 0 Å². The lowest BCUT2D eigenvalue weighted by atomic mass is 10.0. The van der Waals surface area contributed by atoms with Crippen LogP contribution in [0.3, 0.4) is 0 Å². The van der Waals surface area contributed by atoms with E-state index in [4.69, 9.17) is 4.74 Å². The van der Waals surface area contributed by atoms with E-state index in [-0.39, 0.29) is 11.7 Å². The lowest BCUT2D eigenvalue weighted by Gasteiger charge is -2.11. The fourth-order valence-electron chi connectivity index (χ4n) is 0.903. The summed E-state index contributed by atoms with van der Waals surface area (Å²) in [6.07, 6.45) is 2.41. The Bertz CT molecular complexity index is 164. The van der Waals surface area contributed by atoms with Crippen LogP contribution < -0.4 is 0 Å². The van der Waals surface area contributed by atoms with Crippen molar-refractivity contribution >= 4 is 0 Å². The molecule has 0 aromatic rings. The molecule has 0 saturated carbocycles. The summed E-state index contributed by atoms with van der Waals surface area (Å²) in [5, 5.41) is 9.53. The number of rotatable bonds is 3. The van der Waals surface area contributed by atoms with Gasteiger partial charge in [0.25, 0.3) is 0 Å². The average molecular weight is 156 g/mol. The van der Waals surface area contributed by atoms with Crippen LogP contribution in [0.4, 0.5) is 0 Å². The van der Waals surface area contributed by atoms with Crippen LogP contribution >= 0.6 is 0 Å². The Hall–Kier alpha value is -0.340. The van der Waals surface area contributed by atoms with E-state index in [0.717, 1.165) is 0 Å². The first kappa shape index (κ1) is 8.75. The molecule has 0 amide bonds. The van der Waals surface area contributed by atoms with Gasteiger partial charge in [-0.1, -0.05) is 11.6 Å². The van der Waals surface area contributed by atoms with Crippen LogP contribution in [0, 0.1) is 0 Å². The second-order valence-corrected chi connectivity index (χ2v) is 3.63. The first-order valence-electron chi connectivity index (χ1n) is 4.00. The zero-order valence-corrected chi connectivity index (χ0v) is 7.42. The molecule has 0 aliphatic carbocycles. The Kier molecular flexibility index (Phi) is 2.35. The lowest BCUT2D eigenvalue weighted by Crippen LogP contribution is -2.25. The van der Waals surface area contributed by atoms with E-state index in [1.807, 2.05) is 26.8 Å². The molecule has 2 heteroatoms. The molecule has 1 aliphatic rings. The Morgan fingerprint density at radius 3 is 2.64 bits per heavy atom. The highest BCUT2D eigenvalue weighted by molar-refractivity contribution is 5.01. The van der Waals surface area contributed by atoms with Gasteiger partial charge in [0.15, 0.2) is 0 Å². The number of ether oxygens (including phenoxy) is 1. The second-order valence-electron chi connectivity index (χ2n) is 3.63. The van der Waals surface area contributed by atoms with Crippen LogP contribution in [0.25, 0.3) is 0 Å². The van der Waals surface area contributed by atoms with E-state index >= 15 is 0 Å². The van der Waals surface area contributed by atoms with Crippen molar-refractivity contribution in [2.75, 3.05) is 6.61 Å². The van der Waals surface area contributed by atoms with E-state index in [2.05, 4.69) is 0 Å². The topological polar surface area (TPSA) is 32.8 Å². The van der Waals surface area contributed by atoms with Crippen LogP contribution in [0.5, 0.6) is 0 Å². The molecule has 2 nitrogen and oxygen atoms in total. The Morgan fingerprint density at radius 2 is 2.27 bits per heavy atom. The Balaban J connectivity index is 2.32. The molecule has 64 valence electrons. The van der Waals surface area contributed by atoms with E-state index < -0.39 is 0 Å². The zero-order chi connectivity index (χ0) is 8.48. The molecule has 11 heavy (non-hydrogen) atoms. The van der Waals surface area contributed by atoms with Gasteiger partial charge in [0.2, 0.25) is 0 Å². The number of epoxide rings is 1. The summed E-state index contributed by atoms with van der Waals surface area (Å²) < 4.78 is 5.11. The smallest absolute Gasteiger partial charge is 0.115 e. The molecule has 1 rings (SSSR count). The van der Waals surface area contributed by atoms with Gasteiger partial charge in [-0.25, -0.2) is 0 Å². The van der Waals surface area contributed by atoms with Crippen molar-refractivity contribution in [1.82, 2.24) is 0 Å². The van der Waals surface area contributed by atoms with Crippen molar-refractivity contribution in [3.63, 3.8) is 0 Å². The fourth-order valence-corrected chi connectivity index (χ4v) is 0.903. The SMILES string of the molecule is CC(C)=CC[C@H](O)C1(C)CO1. The van der Waals surface area contributed by atoms with Crippen LogP contribution in [0.2, 0.25) is 0 Å². The maximum atomic E-state index is 9.53. The minimum absolute atomic E-state index is 0.244. The molecule has 1 fully saturated rings. The monoisotopic (exact) mass is 156 g/mol. The predicted molar refractivity (Wildman–Crippen MR) is 44.4 cm³/mol. The largest absolute Gasteiger partial charge is 0.390 e. The third-order valence-corrected chi connectivity index (χ3v) is 2.05. The predicted octanol–water partition coefficient (Wildman–Crippen LogP) is 1.49. The molecule has 1 aliphatic heterocycles. The summed E-state index contributed by atoms with van der Waals surface area (Å²) in [6, 6.07) is 0. The molecular formula is C9H16O2. The van der Waals surface area contributed by atoms with E-state index in [9.17, 15) is 5.11 Å². The molecule has 2 atom stereocenters. The van der Waals surface area contributed by atoms with Gasteiger partial charge < -0.3 is 9.84 Å². The van der Waals surface area contributed by atoms with Crippen LogP contribution in [-0.4, -0.2) is 23.4 Å². The average Bonchev–Trinajstić information content (AvgIpc) is 2.64. The standard InChI is InChI=1S/C9H16O2/c1-7(2)4-5-8(10)9(3)6-11-9/h4,8,10H,5-6H2,1-3H3/t8-,9?/m0/s1. The van der Waals surface area contributed by atoms with Gasteiger partial charge in [-0.15, -0.1) is 0 Å². The third-order valence-electron chi connectivity index (χ3n) is 2.05. The van der Waals surface area contributed by atoms with E-state index in [0.29, 0.717) is 13.0 Å². The van der Waals surface area contributed by atoms with E-state index in [1.165, 1.54) is 5.57 Å². The summed E-state index contributed by atoms with van der Waals surface area (Å²) in [5.74, 6) is 0. The van der Waals surface area contributed by atoms with Gasteiger partial charge in [0.1, 0.15) is 5.60 Å². The summed E-state index contributed by atoms with van der Waals surface area (Å²) >= 11 is 0. The minimum atomic E-state index is -0.336. The number of aliphatic hydroxyl groups excluding tert-OH is 1. The molecule has 0 aromatic heterocycles. The van der Waals surface area contributed by atoms with Crippen molar-refractivity contribution < 1.29 is 9.84 Å². The molecule has 1 saturated heterocycles. The first-order chi connectivity index (χ1) is 5.04. The Morgan fingerprint density at radius 1 is 1.73 bits per heavy atom. The molecule has 0 bridgehead atoms. The highest BCUT2D eigenvalue weighted by Crippen LogP contribution is 2.31. The summed E-state index contributed by atoms with van der Waals surface area (Å²) in [6.45, 7) is 6.70. The maximum Gasteiger partial charge on any atom is 0.115 e. The van der Waals surface area contributed by atoms with Gasteiger partial charge in [-0.3, -0.25) is 0 Å². The molecule has 0 spiro atoms. The van der Waals surface area contributed by atoms with Gasteiger partial charge >= 0.3 is 0 Å². The number of aliphatic hydroxyl groups is 1. The first-order valence-corrected chi connectivity index (χ1v) is 4.00. The van der Waals surface area contributed by atoms with Crippen molar-refractivity contribution in [2.45, 2.75) is 38.9 Å². The number of hydrogen-bond acceptors (Lipinski definition) is 2. The van der Waals surface area contributed by atoms with Crippen molar-refractivity contribution in [3.8, 4) is 0 Å². The highest BCUT2D eigenvalue weighted by atomic mass is 16.6. The Labute approximate surface area is 67.9 Å². The molecular weight excluding hydrogens is 140 g/mol. The molecule has 0 aromatic carbocycles. The van der Waals surface area contributed by atoms with Gasteiger partial charge in [-0.05, 0) is 27.2 Å². The maximum absolute atomic E-state index is 9.53. The van der Waals surface area contributed by atoms with Crippen LogP contribution in [0.1, 0.15) is 27.2 Å². The fraction of sp³-hybridized carbons (Fsp3) is 0.778. The molecule has 1 heterocycles. The zero-order valence-electron chi connectivity index (χ0n) is 7.42. The minimum Gasteiger partial charge on any atom is -0.390 e. The third kappa shape index (κ3) is 2.31.